The van der Waals surface area contributed by atoms with E-state index in [1.165, 1.54) is 0 Å². The first kappa shape index (κ1) is 14.7. The van der Waals surface area contributed by atoms with Gasteiger partial charge in [0.25, 0.3) is 5.91 Å². The number of aryl methyl sites for hydroxylation is 2. The molecule has 0 fully saturated rings. The average Bonchev–Trinajstić information content (AvgIpc) is 2.92. The zero-order chi connectivity index (χ0) is 15.7. The van der Waals surface area contributed by atoms with E-state index in [1.807, 2.05) is 38.1 Å². The van der Waals surface area contributed by atoms with Crippen LogP contribution in [-0.2, 0) is 6.54 Å². The molecule has 1 N–H and O–H groups in total. The maximum Gasteiger partial charge on any atom is 0.255 e. The van der Waals surface area contributed by atoms with Crippen LogP contribution in [0.3, 0.4) is 0 Å². The Morgan fingerprint density at radius 3 is 2.82 bits per heavy atom. The van der Waals surface area contributed by atoms with Gasteiger partial charge in [0.15, 0.2) is 0 Å². The zero-order valence-corrected chi connectivity index (χ0v) is 13.9. The van der Waals surface area contributed by atoms with Gasteiger partial charge < -0.3 is 5.32 Å². The monoisotopic (exact) mass is 358 g/mol. The number of carbonyl (C=O) groups is 1. The molecule has 3 rings (SSSR count). The second-order valence-electron chi connectivity index (χ2n) is 5.02. The van der Waals surface area contributed by atoms with Crippen molar-refractivity contribution in [3.05, 3.63) is 52.0 Å². The fourth-order valence-corrected chi connectivity index (χ4v) is 2.78. The van der Waals surface area contributed by atoms with E-state index in [4.69, 9.17) is 0 Å². The number of halogens is 1. The molecule has 1 amide bonds. The summed E-state index contributed by atoms with van der Waals surface area (Å²) in [7, 11) is 0. The lowest BCUT2D eigenvalue weighted by Gasteiger charge is -2.09. The molecule has 6 heteroatoms. The van der Waals surface area contributed by atoms with Crippen molar-refractivity contribution in [3.8, 4) is 0 Å². The van der Waals surface area contributed by atoms with E-state index in [0.717, 1.165) is 33.3 Å². The molecule has 1 heterocycles. The first-order chi connectivity index (χ1) is 10.6. The Labute approximate surface area is 136 Å². The lowest BCUT2D eigenvalue weighted by molar-refractivity contribution is 0.102. The summed E-state index contributed by atoms with van der Waals surface area (Å²) in [6, 6.07) is 11.2. The standard InChI is InChI=1S/C16H15BrN4O/c1-3-21-15-7-4-11(9-14(15)19-20-21)16(22)18-13-6-5-12(17)8-10(13)2/h4-9H,3H2,1-2H3,(H,18,22). The fraction of sp³-hybridized carbons (Fsp3) is 0.188. The molecule has 22 heavy (non-hydrogen) atoms. The summed E-state index contributed by atoms with van der Waals surface area (Å²) in [5, 5.41) is 11.1. The summed E-state index contributed by atoms with van der Waals surface area (Å²) in [5.74, 6) is -0.154. The molecule has 112 valence electrons. The van der Waals surface area contributed by atoms with Crippen LogP contribution in [0.25, 0.3) is 11.0 Å². The van der Waals surface area contributed by atoms with Crippen molar-refractivity contribution in [1.82, 2.24) is 15.0 Å². The number of nitrogens with zero attached hydrogens (tertiary/aromatic N) is 3. The van der Waals surface area contributed by atoms with Crippen LogP contribution in [0.4, 0.5) is 5.69 Å². The van der Waals surface area contributed by atoms with Crippen LogP contribution in [-0.4, -0.2) is 20.9 Å². The molecule has 5 nitrogen and oxygen atoms in total. The molecule has 0 aliphatic rings. The molecule has 0 aliphatic carbocycles. The second kappa shape index (κ2) is 5.88. The highest BCUT2D eigenvalue weighted by Crippen LogP contribution is 2.21. The predicted octanol–water partition coefficient (Wildman–Crippen LogP) is 3.77. The number of carbonyl (C=O) groups excluding carboxylic acids is 1. The predicted molar refractivity (Wildman–Crippen MR) is 90.0 cm³/mol. The molecule has 1 aromatic heterocycles. The Bertz CT molecular complexity index is 856. The molecule has 0 unspecified atom stereocenters. The molecular weight excluding hydrogens is 344 g/mol. The molecule has 0 saturated heterocycles. The molecule has 2 aromatic carbocycles. The Kier molecular flexibility index (Phi) is 3.94. The minimum Gasteiger partial charge on any atom is -0.322 e. The quantitative estimate of drug-likeness (QED) is 0.774. The van der Waals surface area contributed by atoms with Gasteiger partial charge in [0.2, 0.25) is 0 Å². The number of amides is 1. The van der Waals surface area contributed by atoms with Crippen molar-refractivity contribution in [3.63, 3.8) is 0 Å². The van der Waals surface area contributed by atoms with Gasteiger partial charge in [-0.05, 0) is 55.8 Å². The number of rotatable bonds is 3. The number of benzene rings is 2. The van der Waals surface area contributed by atoms with Gasteiger partial charge in [0.05, 0.1) is 5.52 Å². The summed E-state index contributed by atoms with van der Waals surface area (Å²) in [5.41, 5.74) is 4.02. The van der Waals surface area contributed by atoms with Gasteiger partial charge in [-0.3, -0.25) is 4.79 Å². The van der Waals surface area contributed by atoms with Crippen molar-refractivity contribution < 1.29 is 4.79 Å². The third-order valence-electron chi connectivity index (χ3n) is 3.51. The largest absolute Gasteiger partial charge is 0.322 e. The molecular formula is C16H15BrN4O. The number of nitrogens with one attached hydrogen (secondary N) is 1. The van der Waals surface area contributed by atoms with E-state index < -0.39 is 0 Å². The van der Waals surface area contributed by atoms with Gasteiger partial charge in [0.1, 0.15) is 5.52 Å². The van der Waals surface area contributed by atoms with Crippen molar-refractivity contribution in [2.75, 3.05) is 5.32 Å². The van der Waals surface area contributed by atoms with Crippen LogP contribution < -0.4 is 5.32 Å². The molecule has 3 aromatic rings. The molecule has 0 saturated carbocycles. The third-order valence-corrected chi connectivity index (χ3v) is 4.01. The van der Waals surface area contributed by atoms with Gasteiger partial charge >= 0.3 is 0 Å². The minimum absolute atomic E-state index is 0.154. The van der Waals surface area contributed by atoms with Gasteiger partial charge in [0, 0.05) is 22.3 Å². The second-order valence-corrected chi connectivity index (χ2v) is 5.94. The highest BCUT2D eigenvalue weighted by atomic mass is 79.9. The summed E-state index contributed by atoms with van der Waals surface area (Å²) < 4.78 is 2.79. The number of fused-ring (bicyclic) bond motifs is 1. The number of aromatic nitrogens is 3. The minimum atomic E-state index is -0.154. The third kappa shape index (κ3) is 2.74. The molecule has 0 spiro atoms. The molecule has 0 aliphatic heterocycles. The number of hydrogen-bond donors (Lipinski definition) is 1. The van der Waals surface area contributed by atoms with Crippen LogP contribution in [0.5, 0.6) is 0 Å². The van der Waals surface area contributed by atoms with Crippen LogP contribution in [0.1, 0.15) is 22.8 Å². The highest BCUT2D eigenvalue weighted by Gasteiger charge is 2.11. The smallest absolute Gasteiger partial charge is 0.255 e. The normalized spacial score (nSPS) is 10.9. The van der Waals surface area contributed by atoms with E-state index in [2.05, 4.69) is 31.6 Å². The van der Waals surface area contributed by atoms with Crippen molar-refractivity contribution in [2.24, 2.45) is 0 Å². The Hall–Kier alpha value is -2.21. The SMILES string of the molecule is CCn1nnc2cc(C(=O)Nc3ccc(Br)cc3C)ccc21. The summed E-state index contributed by atoms with van der Waals surface area (Å²) >= 11 is 3.41. The van der Waals surface area contributed by atoms with Crippen molar-refractivity contribution >= 4 is 38.6 Å². The van der Waals surface area contributed by atoms with E-state index in [-0.39, 0.29) is 5.91 Å². The maximum absolute atomic E-state index is 12.4. The van der Waals surface area contributed by atoms with Crippen LogP contribution in [0.2, 0.25) is 0 Å². The van der Waals surface area contributed by atoms with E-state index in [1.54, 1.807) is 16.8 Å². The number of anilines is 1. The van der Waals surface area contributed by atoms with Gasteiger partial charge in [-0.1, -0.05) is 21.1 Å². The maximum atomic E-state index is 12.4. The van der Waals surface area contributed by atoms with Crippen molar-refractivity contribution in [1.29, 1.82) is 0 Å². The average molecular weight is 359 g/mol. The summed E-state index contributed by atoms with van der Waals surface area (Å²) in [4.78, 5) is 12.4. The first-order valence-electron chi connectivity index (χ1n) is 6.99. The molecule has 0 bridgehead atoms. The topological polar surface area (TPSA) is 59.8 Å². The zero-order valence-electron chi connectivity index (χ0n) is 12.3. The van der Waals surface area contributed by atoms with Gasteiger partial charge in [-0.25, -0.2) is 4.68 Å². The lowest BCUT2D eigenvalue weighted by Crippen LogP contribution is -2.12. The Morgan fingerprint density at radius 1 is 1.27 bits per heavy atom. The van der Waals surface area contributed by atoms with Gasteiger partial charge in [-0.15, -0.1) is 5.10 Å². The summed E-state index contributed by atoms with van der Waals surface area (Å²) in [6.07, 6.45) is 0. The number of hydrogen-bond acceptors (Lipinski definition) is 3. The first-order valence-corrected chi connectivity index (χ1v) is 7.78. The van der Waals surface area contributed by atoms with Gasteiger partial charge in [-0.2, -0.15) is 0 Å². The van der Waals surface area contributed by atoms with Crippen LogP contribution >= 0.6 is 15.9 Å². The highest BCUT2D eigenvalue weighted by molar-refractivity contribution is 9.10. The van der Waals surface area contributed by atoms with Crippen LogP contribution in [0, 0.1) is 6.92 Å². The molecule has 0 atom stereocenters. The summed E-state index contributed by atoms with van der Waals surface area (Å²) in [6.45, 7) is 4.71. The van der Waals surface area contributed by atoms with E-state index >= 15 is 0 Å². The fourth-order valence-electron chi connectivity index (χ4n) is 2.31. The lowest BCUT2D eigenvalue weighted by atomic mass is 10.1. The van der Waals surface area contributed by atoms with E-state index in [0.29, 0.717) is 5.56 Å². The van der Waals surface area contributed by atoms with Crippen LogP contribution in [0.15, 0.2) is 40.9 Å². The molecule has 0 radical (unpaired) electrons. The Balaban J connectivity index is 1.88. The Morgan fingerprint density at radius 2 is 2.09 bits per heavy atom. The van der Waals surface area contributed by atoms with E-state index in [9.17, 15) is 4.79 Å². The van der Waals surface area contributed by atoms with Crippen molar-refractivity contribution in [2.45, 2.75) is 20.4 Å².